The molecule has 2 unspecified atom stereocenters. The molecular weight excluding hydrogens is 426 g/mol. The first-order valence-corrected chi connectivity index (χ1v) is 16.5. The first-order valence-electron chi connectivity index (χ1n) is 9.05. The Kier molecular flexibility index (Phi) is 10.4. The molecule has 0 aromatic carbocycles. The second kappa shape index (κ2) is 11.4. The van der Waals surface area contributed by atoms with Crippen molar-refractivity contribution in [1.29, 1.82) is 0 Å². The Balaban J connectivity index is 1.52. The van der Waals surface area contributed by atoms with Gasteiger partial charge in [0.05, 0.1) is 0 Å². The molecule has 124 valence electrons. The second-order valence-electron chi connectivity index (χ2n) is 7.10. The highest BCUT2D eigenvalue weighted by Crippen LogP contribution is 2.60. The van der Waals surface area contributed by atoms with Crippen LogP contribution in [0, 0.1) is 11.8 Å². The lowest BCUT2D eigenvalue weighted by Gasteiger charge is -2.24. The maximum Gasteiger partial charge on any atom is 0.00764 e. The van der Waals surface area contributed by atoms with E-state index in [1.54, 1.807) is 0 Å². The number of rotatable bonds is 8. The van der Waals surface area contributed by atoms with E-state index in [0.717, 1.165) is 11.8 Å². The molecule has 2 aliphatic rings. The fourth-order valence-electron chi connectivity index (χ4n) is 3.90. The van der Waals surface area contributed by atoms with E-state index in [-0.39, 0.29) is 13.2 Å². The molecule has 0 aromatic heterocycles. The van der Waals surface area contributed by atoms with E-state index in [0.29, 0.717) is 0 Å². The molecule has 0 amide bonds. The number of halogens is 2. The third kappa shape index (κ3) is 8.47. The Morgan fingerprint density at radius 2 is 1.00 bits per heavy atom. The Morgan fingerprint density at radius 1 is 0.619 bits per heavy atom. The minimum absolute atomic E-state index is 0.121. The summed E-state index contributed by atoms with van der Waals surface area (Å²) < 4.78 is 0. The van der Waals surface area contributed by atoms with Crippen LogP contribution in [0.25, 0.3) is 0 Å². The highest BCUT2D eigenvalue weighted by Gasteiger charge is 2.18. The van der Waals surface area contributed by atoms with E-state index < -0.39 is 0 Å². The molecule has 0 aromatic rings. The van der Waals surface area contributed by atoms with E-state index >= 15 is 0 Å². The summed E-state index contributed by atoms with van der Waals surface area (Å²) in [5.74, 6) is 3.57. The van der Waals surface area contributed by atoms with Crippen molar-refractivity contribution in [2.75, 3.05) is 18.2 Å². The summed E-state index contributed by atoms with van der Waals surface area (Å²) in [6.07, 6.45) is 21.0. The maximum atomic E-state index is 4.02. The predicted molar refractivity (Wildman–Crippen MR) is 109 cm³/mol. The first kappa shape index (κ1) is 19.1. The van der Waals surface area contributed by atoms with Gasteiger partial charge in [0.25, 0.3) is 0 Å². The quantitative estimate of drug-likeness (QED) is 0.320. The van der Waals surface area contributed by atoms with Crippen molar-refractivity contribution in [2.45, 2.75) is 77.0 Å². The zero-order valence-electron chi connectivity index (χ0n) is 13.4. The van der Waals surface area contributed by atoms with Gasteiger partial charge in [-0.2, -0.15) is 0 Å². The highest BCUT2D eigenvalue weighted by molar-refractivity contribution is 9.42. The van der Waals surface area contributed by atoms with Gasteiger partial charge in [0.15, 0.2) is 0 Å². The molecule has 0 aliphatic heterocycles. The van der Waals surface area contributed by atoms with Crippen LogP contribution in [0.1, 0.15) is 77.0 Å². The first-order chi connectivity index (χ1) is 10.2. The standard InChI is InChI=1S/C17H32Br2P2/c18-20(13-11-16-7-3-1-4-8-16)15-21(19)14-12-17-9-5-2-6-10-17/h16-17H,1-15H2. The second-order valence-corrected chi connectivity index (χ2v) is 17.0. The molecule has 2 atom stereocenters. The summed E-state index contributed by atoms with van der Waals surface area (Å²) in [6, 6.07) is 0. The molecule has 21 heavy (non-hydrogen) atoms. The molecule has 4 heteroatoms. The van der Waals surface area contributed by atoms with Crippen molar-refractivity contribution in [1.82, 2.24) is 0 Å². The van der Waals surface area contributed by atoms with Gasteiger partial charge in [-0.3, -0.25) is 0 Å². The van der Waals surface area contributed by atoms with Crippen molar-refractivity contribution in [3.63, 3.8) is 0 Å². The van der Waals surface area contributed by atoms with Crippen molar-refractivity contribution >= 4 is 44.2 Å². The lowest BCUT2D eigenvalue weighted by molar-refractivity contribution is 0.351. The van der Waals surface area contributed by atoms with Crippen LogP contribution >= 0.6 is 44.2 Å². The minimum Gasteiger partial charge on any atom is -0.0601 e. The van der Waals surface area contributed by atoms with Crippen LogP contribution < -0.4 is 0 Å². The van der Waals surface area contributed by atoms with Crippen LogP contribution in [-0.4, -0.2) is 18.2 Å². The lowest BCUT2D eigenvalue weighted by atomic mass is 9.88. The minimum atomic E-state index is 0.121. The van der Waals surface area contributed by atoms with Crippen molar-refractivity contribution < 1.29 is 0 Å². The van der Waals surface area contributed by atoms with Gasteiger partial charge in [-0.25, -0.2) is 0 Å². The molecule has 0 N–H and O–H groups in total. The Morgan fingerprint density at radius 3 is 1.38 bits per heavy atom. The van der Waals surface area contributed by atoms with Crippen LogP contribution in [0.15, 0.2) is 0 Å². The fourth-order valence-corrected chi connectivity index (χ4v) is 16.5. The SMILES string of the molecule is BrP(CCC1CCCCC1)CP(Br)CCC1CCCCC1. The van der Waals surface area contributed by atoms with Crippen molar-refractivity contribution in [3.8, 4) is 0 Å². The van der Waals surface area contributed by atoms with Gasteiger partial charge in [-0.05, 0) is 50.2 Å². The molecule has 0 nitrogen and oxygen atoms in total. The van der Waals surface area contributed by atoms with Crippen LogP contribution in [0.2, 0.25) is 0 Å². The van der Waals surface area contributed by atoms with E-state index in [4.69, 9.17) is 0 Å². The van der Waals surface area contributed by atoms with E-state index in [9.17, 15) is 0 Å². The predicted octanol–water partition coefficient (Wildman–Crippen LogP) is 8.47. The number of hydrogen-bond acceptors (Lipinski definition) is 0. The summed E-state index contributed by atoms with van der Waals surface area (Å²) in [5.41, 5.74) is 0. The van der Waals surface area contributed by atoms with Crippen LogP contribution in [0.4, 0.5) is 0 Å². The summed E-state index contributed by atoms with van der Waals surface area (Å²) >= 11 is 8.04. The molecule has 2 rings (SSSR count). The summed E-state index contributed by atoms with van der Waals surface area (Å²) in [6.45, 7) is 0.241. The topological polar surface area (TPSA) is 0 Å². The Bertz CT molecular complexity index is 238. The smallest absolute Gasteiger partial charge is 0.00764 e. The molecule has 2 fully saturated rings. The summed E-state index contributed by atoms with van der Waals surface area (Å²) in [4.78, 5) is 0. The van der Waals surface area contributed by atoms with Crippen LogP contribution in [0.5, 0.6) is 0 Å². The largest absolute Gasteiger partial charge is 0.0601 e. The Labute approximate surface area is 151 Å². The van der Waals surface area contributed by atoms with Gasteiger partial charge in [-0.1, -0.05) is 95.2 Å². The molecule has 0 heterocycles. The zero-order chi connectivity index (χ0) is 14.9. The normalized spacial score (nSPS) is 24.9. The zero-order valence-corrected chi connectivity index (χ0v) is 18.4. The van der Waals surface area contributed by atoms with Crippen LogP contribution in [-0.2, 0) is 0 Å². The third-order valence-electron chi connectivity index (χ3n) is 5.32. The summed E-state index contributed by atoms with van der Waals surface area (Å²) in [7, 11) is 0. The molecule has 0 bridgehead atoms. The average molecular weight is 458 g/mol. The lowest BCUT2D eigenvalue weighted by Crippen LogP contribution is -2.08. The van der Waals surface area contributed by atoms with Gasteiger partial charge in [-0.15, -0.1) is 0 Å². The van der Waals surface area contributed by atoms with Crippen molar-refractivity contribution in [2.24, 2.45) is 11.8 Å². The number of hydrogen-bond donors (Lipinski definition) is 0. The average Bonchev–Trinajstić information content (AvgIpc) is 2.53. The fraction of sp³-hybridized carbons (Fsp3) is 1.00. The van der Waals surface area contributed by atoms with E-state index in [1.165, 1.54) is 95.3 Å². The van der Waals surface area contributed by atoms with Gasteiger partial charge < -0.3 is 0 Å². The van der Waals surface area contributed by atoms with Crippen molar-refractivity contribution in [3.05, 3.63) is 0 Å². The van der Waals surface area contributed by atoms with Gasteiger partial charge in [0.2, 0.25) is 0 Å². The molecule has 2 saturated carbocycles. The van der Waals surface area contributed by atoms with Crippen LogP contribution in [0.3, 0.4) is 0 Å². The third-order valence-corrected chi connectivity index (χ3v) is 15.4. The van der Waals surface area contributed by atoms with Gasteiger partial charge >= 0.3 is 0 Å². The van der Waals surface area contributed by atoms with Gasteiger partial charge in [0.1, 0.15) is 0 Å². The molecule has 0 spiro atoms. The van der Waals surface area contributed by atoms with Gasteiger partial charge in [0, 0.05) is 5.90 Å². The maximum absolute atomic E-state index is 4.02. The van der Waals surface area contributed by atoms with E-state index in [2.05, 4.69) is 31.0 Å². The molecule has 0 radical (unpaired) electrons. The summed E-state index contributed by atoms with van der Waals surface area (Å²) in [5, 5.41) is 0. The Hall–Kier alpha value is 1.82. The monoisotopic (exact) mass is 456 g/mol. The highest BCUT2D eigenvalue weighted by atomic mass is 79.9. The molecule has 2 aliphatic carbocycles. The van der Waals surface area contributed by atoms with E-state index in [1.807, 2.05) is 0 Å². The molecular formula is C17H32Br2P2. The molecule has 0 saturated heterocycles.